The Morgan fingerprint density at radius 2 is 1.88 bits per heavy atom. The van der Waals surface area contributed by atoms with Crippen LogP contribution in [-0.2, 0) is 0 Å². The highest BCUT2D eigenvalue weighted by Gasteiger charge is 2.15. The van der Waals surface area contributed by atoms with Gasteiger partial charge >= 0.3 is 0 Å². The first-order chi connectivity index (χ1) is 7.84. The summed E-state index contributed by atoms with van der Waals surface area (Å²) in [5, 5.41) is 9.80. The number of β-amino-alcohol motifs (C(OH)–C–C–N with tert-alkyl or cyclic N) is 1. The van der Waals surface area contributed by atoms with Gasteiger partial charge in [-0.2, -0.15) is 0 Å². The van der Waals surface area contributed by atoms with E-state index in [2.05, 4.69) is 4.90 Å². The highest BCUT2D eigenvalue weighted by atomic mass is 16.5. The van der Waals surface area contributed by atoms with Gasteiger partial charge in [-0.3, -0.25) is 0 Å². The van der Waals surface area contributed by atoms with E-state index < -0.39 is 6.10 Å². The first-order valence-electron chi connectivity index (χ1n) is 5.93. The second-order valence-corrected chi connectivity index (χ2v) is 4.29. The fourth-order valence-corrected chi connectivity index (χ4v) is 2.03. The number of benzene rings is 1. The molecule has 1 fully saturated rings. The number of hydrogen-bond donors (Lipinski definition) is 1. The van der Waals surface area contributed by atoms with Gasteiger partial charge in [0, 0.05) is 6.54 Å². The predicted molar refractivity (Wildman–Crippen MR) is 63.6 cm³/mol. The lowest BCUT2D eigenvalue weighted by Crippen LogP contribution is -2.33. The Hall–Kier alpha value is -1.06. The lowest BCUT2D eigenvalue weighted by atomic mass is 10.3. The molecular weight excluding hydrogens is 202 g/mol. The molecule has 88 valence electrons. The molecule has 1 atom stereocenters. The first-order valence-corrected chi connectivity index (χ1v) is 5.93. The van der Waals surface area contributed by atoms with E-state index in [1.165, 1.54) is 12.8 Å². The van der Waals surface area contributed by atoms with Crippen molar-refractivity contribution in [2.45, 2.75) is 18.9 Å². The minimum absolute atomic E-state index is 0.376. The maximum absolute atomic E-state index is 9.80. The van der Waals surface area contributed by atoms with E-state index in [4.69, 9.17) is 4.74 Å². The number of hydrogen-bond acceptors (Lipinski definition) is 3. The fourth-order valence-electron chi connectivity index (χ4n) is 2.03. The molecule has 0 unspecified atom stereocenters. The molecule has 1 aliphatic heterocycles. The third-order valence-electron chi connectivity index (χ3n) is 2.85. The zero-order chi connectivity index (χ0) is 11.2. The van der Waals surface area contributed by atoms with Gasteiger partial charge in [-0.15, -0.1) is 0 Å². The van der Waals surface area contributed by atoms with Gasteiger partial charge in [-0.25, -0.2) is 0 Å². The van der Waals surface area contributed by atoms with Crippen LogP contribution in [0, 0.1) is 0 Å². The number of aliphatic hydroxyl groups excluding tert-OH is 1. The van der Waals surface area contributed by atoms with Gasteiger partial charge < -0.3 is 14.7 Å². The molecule has 0 aromatic heterocycles. The summed E-state index contributed by atoms with van der Waals surface area (Å²) in [4.78, 5) is 2.29. The summed E-state index contributed by atoms with van der Waals surface area (Å²) in [6.45, 7) is 3.33. The zero-order valence-electron chi connectivity index (χ0n) is 9.51. The van der Waals surface area contributed by atoms with E-state index in [-0.39, 0.29) is 0 Å². The number of aliphatic hydroxyl groups is 1. The molecular formula is C13H19NO2. The zero-order valence-corrected chi connectivity index (χ0v) is 9.51. The van der Waals surface area contributed by atoms with Crippen molar-refractivity contribution in [3.63, 3.8) is 0 Å². The summed E-state index contributed by atoms with van der Waals surface area (Å²) in [5.41, 5.74) is 0. The average molecular weight is 221 g/mol. The van der Waals surface area contributed by atoms with E-state index >= 15 is 0 Å². The Balaban J connectivity index is 1.69. The van der Waals surface area contributed by atoms with E-state index in [0.717, 1.165) is 25.4 Å². The third-order valence-corrected chi connectivity index (χ3v) is 2.85. The number of rotatable bonds is 5. The topological polar surface area (TPSA) is 32.7 Å². The van der Waals surface area contributed by atoms with Crippen LogP contribution >= 0.6 is 0 Å². The van der Waals surface area contributed by atoms with E-state index in [1.54, 1.807) is 0 Å². The molecule has 1 aromatic carbocycles. The van der Waals surface area contributed by atoms with Gasteiger partial charge in [-0.1, -0.05) is 18.2 Å². The van der Waals surface area contributed by atoms with Crippen LogP contribution in [0.15, 0.2) is 30.3 Å². The molecule has 0 bridgehead atoms. The molecule has 1 aliphatic rings. The minimum Gasteiger partial charge on any atom is -0.491 e. The Morgan fingerprint density at radius 1 is 1.19 bits per heavy atom. The van der Waals surface area contributed by atoms with E-state index in [1.807, 2.05) is 30.3 Å². The Kier molecular flexibility index (Phi) is 4.19. The van der Waals surface area contributed by atoms with Crippen LogP contribution in [0.3, 0.4) is 0 Å². The minimum atomic E-state index is -0.390. The van der Waals surface area contributed by atoms with Crippen LogP contribution in [-0.4, -0.2) is 42.4 Å². The summed E-state index contributed by atoms with van der Waals surface area (Å²) < 4.78 is 5.50. The molecule has 0 aliphatic carbocycles. The summed E-state index contributed by atoms with van der Waals surface area (Å²) >= 11 is 0. The highest BCUT2D eigenvalue weighted by molar-refractivity contribution is 5.20. The molecule has 2 rings (SSSR count). The van der Waals surface area contributed by atoms with Crippen molar-refractivity contribution in [3.8, 4) is 5.75 Å². The monoisotopic (exact) mass is 221 g/mol. The normalized spacial score (nSPS) is 18.6. The Morgan fingerprint density at radius 3 is 2.56 bits per heavy atom. The smallest absolute Gasteiger partial charge is 0.119 e. The van der Waals surface area contributed by atoms with Crippen molar-refractivity contribution in [2.24, 2.45) is 0 Å². The predicted octanol–water partition coefficient (Wildman–Crippen LogP) is 1.52. The summed E-state index contributed by atoms with van der Waals surface area (Å²) in [6, 6.07) is 9.63. The van der Waals surface area contributed by atoms with Gasteiger partial charge in [0.1, 0.15) is 18.5 Å². The van der Waals surface area contributed by atoms with Crippen molar-refractivity contribution in [3.05, 3.63) is 30.3 Å². The molecule has 0 radical (unpaired) electrons. The molecule has 0 amide bonds. The largest absolute Gasteiger partial charge is 0.491 e. The van der Waals surface area contributed by atoms with Crippen LogP contribution in [0.4, 0.5) is 0 Å². The van der Waals surface area contributed by atoms with Crippen LogP contribution < -0.4 is 4.74 Å². The van der Waals surface area contributed by atoms with Gasteiger partial charge in [0.2, 0.25) is 0 Å². The van der Waals surface area contributed by atoms with E-state index in [0.29, 0.717) is 6.61 Å². The quantitative estimate of drug-likeness (QED) is 0.818. The molecule has 16 heavy (non-hydrogen) atoms. The van der Waals surface area contributed by atoms with Crippen molar-refractivity contribution in [2.75, 3.05) is 26.2 Å². The van der Waals surface area contributed by atoms with Crippen LogP contribution in [0.5, 0.6) is 5.75 Å². The molecule has 3 heteroatoms. The molecule has 3 nitrogen and oxygen atoms in total. The van der Waals surface area contributed by atoms with Gasteiger partial charge in [0.05, 0.1) is 0 Å². The number of likely N-dealkylation sites (tertiary alicyclic amines) is 1. The molecule has 1 aromatic rings. The summed E-state index contributed by atoms with van der Waals surface area (Å²) in [5.74, 6) is 0.822. The van der Waals surface area contributed by atoms with Crippen LogP contribution in [0.2, 0.25) is 0 Å². The third kappa shape index (κ3) is 3.51. The Bertz CT molecular complexity index is 296. The maximum atomic E-state index is 9.80. The van der Waals surface area contributed by atoms with Gasteiger partial charge in [-0.05, 0) is 38.1 Å². The molecule has 0 saturated carbocycles. The van der Waals surface area contributed by atoms with Crippen LogP contribution in [0.25, 0.3) is 0 Å². The molecule has 0 spiro atoms. The number of ether oxygens (including phenoxy) is 1. The molecule has 1 N–H and O–H groups in total. The van der Waals surface area contributed by atoms with Crippen molar-refractivity contribution in [1.82, 2.24) is 4.90 Å². The summed E-state index contributed by atoms with van der Waals surface area (Å²) in [6.07, 6.45) is 2.12. The second kappa shape index (κ2) is 5.87. The highest BCUT2D eigenvalue weighted by Crippen LogP contribution is 2.10. The second-order valence-electron chi connectivity index (χ2n) is 4.29. The van der Waals surface area contributed by atoms with Crippen molar-refractivity contribution >= 4 is 0 Å². The fraction of sp³-hybridized carbons (Fsp3) is 0.538. The Labute approximate surface area is 96.6 Å². The average Bonchev–Trinajstić information content (AvgIpc) is 2.81. The summed E-state index contributed by atoms with van der Waals surface area (Å²) in [7, 11) is 0. The standard InChI is InChI=1S/C13H19NO2/c15-12(10-14-8-4-5-9-14)11-16-13-6-2-1-3-7-13/h1-3,6-7,12,15H,4-5,8-11H2/t12-/m1/s1. The lowest BCUT2D eigenvalue weighted by Gasteiger charge is -2.19. The van der Waals surface area contributed by atoms with Crippen molar-refractivity contribution < 1.29 is 9.84 Å². The lowest BCUT2D eigenvalue weighted by molar-refractivity contribution is 0.0758. The molecule has 1 saturated heterocycles. The van der Waals surface area contributed by atoms with Gasteiger partial charge in [0.25, 0.3) is 0 Å². The SMILES string of the molecule is O[C@@H](COc1ccccc1)CN1CCCC1. The van der Waals surface area contributed by atoms with Crippen molar-refractivity contribution in [1.29, 1.82) is 0 Å². The number of para-hydroxylation sites is 1. The van der Waals surface area contributed by atoms with Gasteiger partial charge in [0.15, 0.2) is 0 Å². The number of nitrogens with zero attached hydrogens (tertiary/aromatic N) is 1. The van der Waals surface area contributed by atoms with E-state index in [9.17, 15) is 5.11 Å². The first kappa shape index (κ1) is 11.4. The molecule has 1 heterocycles. The maximum Gasteiger partial charge on any atom is 0.119 e. The van der Waals surface area contributed by atoms with Crippen LogP contribution in [0.1, 0.15) is 12.8 Å².